The van der Waals surface area contributed by atoms with E-state index >= 15 is 0 Å². The molecular formula is C11H15BrN2. The van der Waals surface area contributed by atoms with Gasteiger partial charge in [0.2, 0.25) is 0 Å². The van der Waals surface area contributed by atoms with E-state index in [0.29, 0.717) is 5.41 Å². The largest absolute Gasteiger partial charge is 0.330 e. The predicted molar refractivity (Wildman–Crippen MR) is 61.1 cm³/mol. The molecule has 1 aliphatic carbocycles. The van der Waals surface area contributed by atoms with Crippen LogP contribution in [-0.2, 0) is 5.41 Å². The maximum Gasteiger partial charge on any atom is 0.0413 e. The van der Waals surface area contributed by atoms with Crippen molar-refractivity contribution in [2.75, 3.05) is 6.54 Å². The van der Waals surface area contributed by atoms with Crippen LogP contribution in [0.25, 0.3) is 0 Å². The monoisotopic (exact) mass is 254 g/mol. The Hall–Kier alpha value is -0.410. The molecule has 1 aromatic rings. The molecule has 0 aliphatic heterocycles. The van der Waals surface area contributed by atoms with Gasteiger partial charge in [-0.3, -0.25) is 4.98 Å². The van der Waals surface area contributed by atoms with Gasteiger partial charge in [0, 0.05) is 16.9 Å². The van der Waals surface area contributed by atoms with E-state index in [1.165, 1.54) is 24.8 Å². The van der Waals surface area contributed by atoms with Gasteiger partial charge in [0.25, 0.3) is 0 Å². The Bertz CT molecular complexity index is 321. The van der Waals surface area contributed by atoms with Crippen molar-refractivity contribution in [3.05, 3.63) is 28.5 Å². The highest BCUT2D eigenvalue weighted by Gasteiger charge is 2.38. The molecular weight excluding hydrogens is 240 g/mol. The van der Waals surface area contributed by atoms with Gasteiger partial charge in [-0.15, -0.1) is 0 Å². The molecule has 1 heterocycles. The Morgan fingerprint density at radius 2 is 2.29 bits per heavy atom. The molecule has 0 aromatic carbocycles. The SMILES string of the molecule is NCCC1(c2ccncc2Br)CCC1. The third-order valence-electron chi connectivity index (χ3n) is 3.28. The topological polar surface area (TPSA) is 38.9 Å². The van der Waals surface area contributed by atoms with Gasteiger partial charge in [-0.2, -0.15) is 0 Å². The molecule has 2 rings (SSSR count). The molecule has 0 saturated heterocycles. The first-order chi connectivity index (χ1) is 6.78. The van der Waals surface area contributed by atoms with Crippen molar-refractivity contribution in [2.45, 2.75) is 31.1 Å². The quantitative estimate of drug-likeness (QED) is 0.901. The van der Waals surface area contributed by atoms with Gasteiger partial charge < -0.3 is 5.73 Å². The van der Waals surface area contributed by atoms with Crippen molar-refractivity contribution in [1.82, 2.24) is 4.98 Å². The van der Waals surface area contributed by atoms with Crippen LogP contribution in [0.1, 0.15) is 31.2 Å². The van der Waals surface area contributed by atoms with Gasteiger partial charge in [-0.05, 0) is 58.8 Å². The normalized spacial score (nSPS) is 19.0. The van der Waals surface area contributed by atoms with Crippen molar-refractivity contribution in [2.24, 2.45) is 5.73 Å². The third-order valence-corrected chi connectivity index (χ3v) is 3.91. The number of nitrogens with two attached hydrogens (primary N) is 1. The van der Waals surface area contributed by atoms with Crippen molar-refractivity contribution >= 4 is 15.9 Å². The molecule has 0 atom stereocenters. The van der Waals surface area contributed by atoms with Gasteiger partial charge in [0.1, 0.15) is 0 Å². The molecule has 1 saturated carbocycles. The number of pyridine rings is 1. The summed E-state index contributed by atoms with van der Waals surface area (Å²) >= 11 is 3.57. The van der Waals surface area contributed by atoms with Crippen LogP contribution in [0.15, 0.2) is 22.9 Å². The van der Waals surface area contributed by atoms with E-state index in [4.69, 9.17) is 5.73 Å². The molecule has 0 spiro atoms. The van der Waals surface area contributed by atoms with Crippen molar-refractivity contribution in [1.29, 1.82) is 0 Å². The number of rotatable bonds is 3. The minimum atomic E-state index is 0.344. The maximum absolute atomic E-state index is 5.68. The van der Waals surface area contributed by atoms with E-state index in [1.807, 2.05) is 12.4 Å². The van der Waals surface area contributed by atoms with Crippen LogP contribution in [0.3, 0.4) is 0 Å². The first kappa shape index (κ1) is 10.1. The second-order valence-electron chi connectivity index (χ2n) is 4.03. The second kappa shape index (κ2) is 3.99. The fourth-order valence-electron chi connectivity index (χ4n) is 2.34. The average Bonchev–Trinajstić information content (AvgIpc) is 2.13. The summed E-state index contributed by atoms with van der Waals surface area (Å²) in [5.74, 6) is 0. The van der Waals surface area contributed by atoms with Crippen molar-refractivity contribution in [3.63, 3.8) is 0 Å². The summed E-state index contributed by atoms with van der Waals surface area (Å²) in [7, 11) is 0. The average molecular weight is 255 g/mol. The van der Waals surface area contributed by atoms with Crippen molar-refractivity contribution in [3.8, 4) is 0 Å². The lowest BCUT2D eigenvalue weighted by Crippen LogP contribution is -2.36. The first-order valence-electron chi connectivity index (χ1n) is 5.08. The zero-order chi connectivity index (χ0) is 10.0. The summed E-state index contributed by atoms with van der Waals surface area (Å²) in [6, 6.07) is 2.12. The fraction of sp³-hybridized carbons (Fsp3) is 0.545. The molecule has 1 fully saturated rings. The van der Waals surface area contributed by atoms with Crippen LogP contribution in [0.2, 0.25) is 0 Å². The summed E-state index contributed by atoms with van der Waals surface area (Å²) < 4.78 is 1.13. The molecule has 3 heteroatoms. The highest BCUT2D eigenvalue weighted by atomic mass is 79.9. The minimum Gasteiger partial charge on any atom is -0.330 e. The van der Waals surface area contributed by atoms with Crippen LogP contribution in [0, 0.1) is 0 Å². The Morgan fingerprint density at radius 3 is 2.79 bits per heavy atom. The lowest BCUT2D eigenvalue weighted by atomic mass is 9.63. The lowest BCUT2D eigenvalue weighted by molar-refractivity contribution is 0.228. The molecule has 0 unspecified atom stereocenters. The smallest absolute Gasteiger partial charge is 0.0413 e. The summed E-state index contributed by atoms with van der Waals surface area (Å²) in [5.41, 5.74) is 7.42. The predicted octanol–water partition coefficient (Wildman–Crippen LogP) is 2.61. The summed E-state index contributed by atoms with van der Waals surface area (Å²) in [6.07, 6.45) is 8.71. The number of nitrogens with zero attached hydrogens (tertiary/aromatic N) is 1. The van der Waals surface area contributed by atoms with Gasteiger partial charge in [0.05, 0.1) is 0 Å². The van der Waals surface area contributed by atoms with E-state index in [-0.39, 0.29) is 0 Å². The van der Waals surface area contributed by atoms with E-state index in [9.17, 15) is 0 Å². The molecule has 14 heavy (non-hydrogen) atoms. The zero-order valence-corrected chi connectivity index (χ0v) is 9.76. The number of halogens is 1. The molecule has 76 valence electrons. The molecule has 2 nitrogen and oxygen atoms in total. The van der Waals surface area contributed by atoms with Crippen LogP contribution < -0.4 is 5.73 Å². The fourth-order valence-corrected chi connectivity index (χ4v) is 3.01. The summed E-state index contributed by atoms with van der Waals surface area (Å²) in [6.45, 7) is 0.773. The zero-order valence-electron chi connectivity index (χ0n) is 8.17. The highest BCUT2D eigenvalue weighted by Crippen LogP contribution is 2.48. The number of hydrogen-bond donors (Lipinski definition) is 1. The van der Waals surface area contributed by atoms with Crippen LogP contribution >= 0.6 is 15.9 Å². The Morgan fingerprint density at radius 1 is 1.50 bits per heavy atom. The molecule has 0 bridgehead atoms. The Labute approximate surface area is 93.0 Å². The summed E-state index contributed by atoms with van der Waals surface area (Å²) in [5, 5.41) is 0. The number of aromatic nitrogens is 1. The summed E-state index contributed by atoms with van der Waals surface area (Å²) in [4.78, 5) is 4.10. The molecule has 0 amide bonds. The van der Waals surface area contributed by atoms with E-state index in [2.05, 4.69) is 27.0 Å². The highest BCUT2D eigenvalue weighted by molar-refractivity contribution is 9.10. The Balaban J connectivity index is 2.32. The van der Waals surface area contributed by atoms with Crippen molar-refractivity contribution < 1.29 is 0 Å². The van der Waals surface area contributed by atoms with Crippen LogP contribution in [0.5, 0.6) is 0 Å². The third kappa shape index (κ3) is 1.59. The second-order valence-corrected chi connectivity index (χ2v) is 4.88. The standard InChI is InChI=1S/C11H15BrN2/c12-10-8-14-7-2-9(10)11(5-6-13)3-1-4-11/h2,7-8H,1,3-6,13H2. The van der Waals surface area contributed by atoms with E-state index < -0.39 is 0 Å². The van der Waals surface area contributed by atoms with Gasteiger partial charge in [0.15, 0.2) is 0 Å². The Kier molecular flexibility index (Phi) is 2.88. The molecule has 2 N–H and O–H groups in total. The van der Waals surface area contributed by atoms with Crippen LogP contribution in [0.4, 0.5) is 0 Å². The minimum absolute atomic E-state index is 0.344. The number of hydrogen-bond acceptors (Lipinski definition) is 2. The maximum atomic E-state index is 5.68. The van der Waals surface area contributed by atoms with Gasteiger partial charge >= 0.3 is 0 Å². The van der Waals surface area contributed by atoms with Gasteiger partial charge in [-0.25, -0.2) is 0 Å². The van der Waals surface area contributed by atoms with Crippen LogP contribution in [-0.4, -0.2) is 11.5 Å². The van der Waals surface area contributed by atoms with E-state index in [1.54, 1.807) is 0 Å². The molecule has 0 radical (unpaired) electrons. The van der Waals surface area contributed by atoms with Gasteiger partial charge in [-0.1, -0.05) is 6.42 Å². The first-order valence-corrected chi connectivity index (χ1v) is 5.88. The molecule has 1 aromatic heterocycles. The lowest BCUT2D eigenvalue weighted by Gasteiger charge is -2.43. The molecule has 1 aliphatic rings. The van der Waals surface area contributed by atoms with E-state index in [0.717, 1.165) is 17.4 Å².